The number of nitrogens with zero attached hydrogens (tertiary/aromatic N) is 1. The van der Waals surface area contributed by atoms with E-state index < -0.39 is 0 Å². The highest BCUT2D eigenvalue weighted by Gasteiger charge is 2.13. The Balaban J connectivity index is 1.93. The van der Waals surface area contributed by atoms with Gasteiger partial charge in [-0.25, -0.2) is 0 Å². The summed E-state index contributed by atoms with van der Waals surface area (Å²) in [6, 6.07) is 7.27. The molecule has 6 heteroatoms. The Morgan fingerprint density at radius 2 is 2.14 bits per heavy atom. The molecule has 21 heavy (non-hydrogen) atoms. The molecule has 1 amide bonds. The number of rotatable bonds is 5. The van der Waals surface area contributed by atoms with Crippen LogP contribution in [0.2, 0.25) is 5.02 Å². The summed E-state index contributed by atoms with van der Waals surface area (Å²) in [6.07, 6.45) is 0.270. The van der Waals surface area contributed by atoms with Gasteiger partial charge in [-0.2, -0.15) is 0 Å². The molecule has 0 aliphatic rings. The predicted octanol–water partition coefficient (Wildman–Crippen LogP) is 3.14. The van der Waals surface area contributed by atoms with Gasteiger partial charge in [-0.1, -0.05) is 41.1 Å². The smallest absolute Gasteiger partial charge is 0.307 e. The SMILES string of the molecule is Cc1csc(=O)n1CCC(=O)NC(C)c1ccccc1Cl. The molecular formula is C15H17ClN2O2S. The molecule has 112 valence electrons. The van der Waals surface area contributed by atoms with Crippen molar-refractivity contribution >= 4 is 28.8 Å². The Labute approximate surface area is 132 Å². The Morgan fingerprint density at radius 1 is 1.43 bits per heavy atom. The molecule has 0 fully saturated rings. The molecule has 1 unspecified atom stereocenters. The van der Waals surface area contributed by atoms with Gasteiger partial charge in [0.15, 0.2) is 0 Å². The van der Waals surface area contributed by atoms with E-state index in [0.29, 0.717) is 11.6 Å². The second kappa shape index (κ2) is 6.91. The molecule has 1 N–H and O–H groups in total. The highest BCUT2D eigenvalue weighted by Crippen LogP contribution is 2.22. The van der Waals surface area contributed by atoms with E-state index in [-0.39, 0.29) is 23.2 Å². The Kier molecular flexibility index (Phi) is 5.20. The van der Waals surface area contributed by atoms with E-state index in [1.165, 1.54) is 0 Å². The van der Waals surface area contributed by atoms with Gasteiger partial charge in [-0.15, -0.1) is 0 Å². The highest BCUT2D eigenvalue weighted by atomic mass is 35.5. The molecule has 1 heterocycles. The molecule has 0 radical (unpaired) electrons. The van der Waals surface area contributed by atoms with Crippen LogP contribution in [-0.2, 0) is 11.3 Å². The van der Waals surface area contributed by atoms with Gasteiger partial charge in [0.05, 0.1) is 6.04 Å². The van der Waals surface area contributed by atoms with Gasteiger partial charge in [0.2, 0.25) is 5.91 Å². The summed E-state index contributed by atoms with van der Waals surface area (Å²) in [7, 11) is 0. The summed E-state index contributed by atoms with van der Waals surface area (Å²) >= 11 is 7.26. The summed E-state index contributed by atoms with van der Waals surface area (Å²) in [5, 5.41) is 5.34. The molecule has 1 aromatic carbocycles. The lowest BCUT2D eigenvalue weighted by atomic mass is 10.1. The molecule has 0 saturated heterocycles. The summed E-state index contributed by atoms with van der Waals surface area (Å²) < 4.78 is 1.62. The molecule has 4 nitrogen and oxygen atoms in total. The van der Waals surface area contributed by atoms with Crippen LogP contribution in [-0.4, -0.2) is 10.5 Å². The number of hydrogen-bond donors (Lipinski definition) is 1. The highest BCUT2D eigenvalue weighted by molar-refractivity contribution is 7.07. The van der Waals surface area contributed by atoms with Crippen molar-refractivity contribution in [2.45, 2.75) is 32.9 Å². The first-order chi connectivity index (χ1) is 9.99. The van der Waals surface area contributed by atoms with Crippen LogP contribution in [0, 0.1) is 6.92 Å². The van der Waals surface area contributed by atoms with Crippen LogP contribution < -0.4 is 10.2 Å². The molecule has 0 saturated carbocycles. The summed E-state index contributed by atoms with van der Waals surface area (Å²) in [6.45, 7) is 4.15. The molecule has 1 aromatic heterocycles. The van der Waals surface area contributed by atoms with Crippen molar-refractivity contribution in [3.8, 4) is 0 Å². The minimum atomic E-state index is -0.161. The Morgan fingerprint density at radius 3 is 2.76 bits per heavy atom. The van der Waals surface area contributed by atoms with E-state index in [4.69, 9.17) is 11.6 Å². The number of carbonyl (C=O) groups is 1. The number of benzene rings is 1. The fourth-order valence-corrected chi connectivity index (χ4v) is 3.17. The second-order valence-electron chi connectivity index (χ2n) is 4.86. The number of amides is 1. The molecule has 2 rings (SSSR count). The quantitative estimate of drug-likeness (QED) is 0.918. The fourth-order valence-electron chi connectivity index (χ4n) is 2.11. The van der Waals surface area contributed by atoms with Gasteiger partial charge < -0.3 is 9.88 Å². The zero-order valence-electron chi connectivity index (χ0n) is 11.9. The maximum absolute atomic E-state index is 12.0. The number of aromatic nitrogens is 1. The van der Waals surface area contributed by atoms with Gasteiger partial charge in [-0.05, 0) is 25.5 Å². The van der Waals surface area contributed by atoms with Gasteiger partial charge >= 0.3 is 4.87 Å². The number of hydrogen-bond acceptors (Lipinski definition) is 3. The second-order valence-corrected chi connectivity index (χ2v) is 6.08. The van der Waals surface area contributed by atoms with Crippen LogP contribution in [0.1, 0.15) is 30.6 Å². The lowest BCUT2D eigenvalue weighted by molar-refractivity contribution is -0.121. The van der Waals surface area contributed by atoms with Gasteiger partial charge in [0.25, 0.3) is 0 Å². The van der Waals surface area contributed by atoms with Crippen molar-refractivity contribution in [3.05, 3.63) is 55.6 Å². The monoisotopic (exact) mass is 324 g/mol. The molecular weight excluding hydrogens is 308 g/mol. The maximum Gasteiger partial charge on any atom is 0.307 e. The Bertz CT molecular complexity index is 693. The third-order valence-corrected chi connectivity index (χ3v) is 4.51. The first kappa shape index (κ1) is 15.8. The van der Waals surface area contributed by atoms with Crippen LogP contribution in [0.4, 0.5) is 0 Å². The number of nitrogens with one attached hydrogen (secondary N) is 1. The van der Waals surface area contributed by atoms with Crippen molar-refractivity contribution in [2.75, 3.05) is 0 Å². The molecule has 2 aromatic rings. The average molecular weight is 325 g/mol. The van der Waals surface area contributed by atoms with E-state index in [1.54, 1.807) is 16.0 Å². The molecule has 0 aliphatic carbocycles. The average Bonchev–Trinajstić information content (AvgIpc) is 2.76. The number of thiazole rings is 1. The van der Waals surface area contributed by atoms with E-state index in [2.05, 4.69) is 5.32 Å². The molecule has 0 aliphatic heterocycles. The summed E-state index contributed by atoms with van der Waals surface area (Å²) in [5.41, 5.74) is 1.77. The molecule has 1 atom stereocenters. The standard InChI is InChI=1S/C15H17ClN2O2S/c1-10-9-21-15(20)18(10)8-7-14(19)17-11(2)12-5-3-4-6-13(12)16/h3-6,9,11H,7-8H2,1-2H3,(H,17,19). The minimum Gasteiger partial charge on any atom is -0.349 e. The zero-order chi connectivity index (χ0) is 15.4. The van der Waals surface area contributed by atoms with Gasteiger partial charge in [-0.3, -0.25) is 9.59 Å². The summed E-state index contributed by atoms with van der Waals surface area (Å²) in [5.74, 6) is -0.0973. The van der Waals surface area contributed by atoms with Crippen LogP contribution in [0.15, 0.2) is 34.4 Å². The molecule has 0 bridgehead atoms. The first-order valence-corrected chi connectivity index (χ1v) is 7.93. The normalized spacial score (nSPS) is 12.1. The largest absolute Gasteiger partial charge is 0.349 e. The topological polar surface area (TPSA) is 51.1 Å². The van der Waals surface area contributed by atoms with Gasteiger partial charge in [0, 0.05) is 29.1 Å². The van der Waals surface area contributed by atoms with Crippen molar-refractivity contribution in [3.63, 3.8) is 0 Å². The van der Waals surface area contributed by atoms with E-state index in [1.807, 2.05) is 32.0 Å². The third-order valence-electron chi connectivity index (χ3n) is 3.29. The van der Waals surface area contributed by atoms with Crippen LogP contribution in [0.25, 0.3) is 0 Å². The van der Waals surface area contributed by atoms with Gasteiger partial charge in [0.1, 0.15) is 0 Å². The first-order valence-electron chi connectivity index (χ1n) is 6.67. The van der Waals surface area contributed by atoms with E-state index in [9.17, 15) is 9.59 Å². The van der Waals surface area contributed by atoms with Crippen LogP contribution in [0.3, 0.4) is 0 Å². The van der Waals surface area contributed by atoms with Crippen molar-refractivity contribution in [1.29, 1.82) is 0 Å². The lowest BCUT2D eigenvalue weighted by Crippen LogP contribution is -2.28. The minimum absolute atomic E-state index is 0.0283. The van der Waals surface area contributed by atoms with E-state index in [0.717, 1.165) is 22.6 Å². The maximum atomic E-state index is 12.0. The van der Waals surface area contributed by atoms with Crippen molar-refractivity contribution < 1.29 is 4.79 Å². The lowest BCUT2D eigenvalue weighted by Gasteiger charge is -2.15. The number of aryl methyl sites for hydroxylation is 1. The zero-order valence-corrected chi connectivity index (χ0v) is 13.5. The van der Waals surface area contributed by atoms with Crippen molar-refractivity contribution in [2.24, 2.45) is 0 Å². The van der Waals surface area contributed by atoms with E-state index >= 15 is 0 Å². The predicted molar refractivity (Wildman–Crippen MR) is 85.9 cm³/mol. The van der Waals surface area contributed by atoms with Crippen molar-refractivity contribution in [1.82, 2.24) is 9.88 Å². The Hall–Kier alpha value is -1.59. The summed E-state index contributed by atoms with van der Waals surface area (Å²) in [4.78, 5) is 23.5. The van der Waals surface area contributed by atoms with Crippen LogP contribution in [0.5, 0.6) is 0 Å². The molecule has 0 spiro atoms. The number of carbonyl (C=O) groups excluding carboxylic acids is 1. The third kappa shape index (κ3) is 3.95. The number of halogens is 1. The van der Waals surface area contributed by atoms with Crippen LogP contribution >= 0.6 is 22.9 Å². The fraction of sp³-hybridized carbons (Fsp3) is 0.333.